The molecule has 0 aliphatic rings. The smallest absolute Gasteiger partial charge is 0.352 e. The molecule has 9 nitrogen and oxygen atoms in total. The Labute approximate surface area is 198 Å². The molecule has 10 heteroatoms. The Hall–Kier alpha value is -3.27. The van der Waals surface area contributed by atoms with Crippen LogP contribution in [0.2, 0.25) is 5.02 Å². The topological polar surface area (TPSA) is 112 Å². The fourth-order valence-corrected chi connectivity index (χ4v) is 3.96. The maximum absolute atomic E-state index is 12.3. The van der Waals surface area contributed by atoms with Gasteiger partial charge in [0.15, 0.2) is 0 Å². The SMILES string of the molecule is CCc1cccc(N(N)C(=O)N(C)N)c1COc1ccc(-c2nn(C)c(OC)c2Cl)cc1C. The van der Waals surface area contributed by atoms with Gasteiger partial charge in [-0.05, 0) is 48.7 Å². The largest absolute Gasteiger partial charge is 0.489 e. The van der Waals surface area contributed by atoms with E-state index < -0.39 is 6.03 Å². The summed E-state index contributed by atoms with van der Waals surface area (Å²) in [5.41, 5.74) is 4.77. The van der Waals surface area contributed by atoms with Gasteiger partial charge >= 0.3 is 6.03 Å². The number of urea groups is 1. The number of amides is 2. The zero-order valence-electron chi connectivity index (χ0n) is 19.4. The summed E-state index contributed by atoms with van der Waals surface area (Å²) in [5.74, 6) is 12.8. The molecule has 1 aromatic heterocycles. The maximum atomic E-state index is 12.3. The molecule has 0 atom stereocenters. The standard InChI is InChI=1S/C23H29ClN6O3/c1-6-15-8-7-9-18(30(26)23(31)28(3)25)17(15)13-33-19-11-10-16(12-14(19)2)21-20(24)22(32-5)29(4)27-21/h7-12H,6,13,25-26H2,1-5H3. The normalized spacial score (nSPS) is 10.8. The third kappa shape index (κ3) is 4.90. The number of carbonyl (C=O) groups is 1. The second-order valence-electron chi connectivity index (χ2n) is 7.60. The van der Waals surface area contributed by atoms with E-state index >= 15 is 0 Å². The summed E-state index contributed by atoms with van der Waals surface area (Å²) >= 11 is 6.43. The number of hydrazine groups is 2. The third-order valence-electron chi connectivity index (χ3n) is 5.35. The van der Waals surface area contributed by atoms with Crippen molar-refractivity contribution in [3.05, 3.63) is 58.1 Å². The summed E-state index contributed by atoms with van der Waals surface area (Å²) in [7, 11) is 4.77. The molecule has 0 fully saturated rings. The van der Waals surface area contributed by atoms with Gasteiger partial charge in [0.2, 0.25) is 5.88 Å². The van der Waals surface area contributed by atoms with Gasteiger partial charge in [0.25, 0.3) is 0 Å². The van der Waals surface area contributed by atoms with Crippen molar-refractivity contribution in [2.75, 3.05) is 19.2 Å². The van der Waals surface area contributed by atoms with Gasteiger partial charge in [0, 0.05) is 25.2 Å². The second-order valence-corrected chi connectivity index (χ2v) is 7.97. The lowest BCUT2D eigenvalue weighted by Gasteiger charge is -2.24. The lowest BCUT2D eigenvalue weighted by atomic mass is 10.0. The van der Waals surface area contributed by atoms with Crippen molar-refractivity contribution in [3.8, 4) is 22.9 Å². The molecule has 0 radical (unpaired) electrons. The van der Waals surface area contributed by atoms with Gasteiger partial charge in [0.05, 0.1) is 12.8 Å². The Balaban J connectivity index is 1.88. The summed E-state index contributed by atoms with van der Waals surface area (Å²) in [6.45, 7) is 4.21. The Morgan fingerprint density at radius 1 is 1.24 bits per heavy atom. The van der Waals surface area contributed by atoms with E-state index in [1.807, 2.05) is 44.2 Å². The molecule has 3 aromatic rings. The molecule has 0 spiro atoms. The molecular weight excluding hydrogens is 444 g/mol. The molecule has 1 heterocycles. The first-order valence-electron chi connectivity index (χ1n) is 10.4. The van der Waals surface area contributed by atoms with E-state index in [1.54, 1.807) is 24.9 Å². The number of carbonyl (C=O) groups excluding carboxylic acids is 1. The summed E-state index contributed by atoms with van der Waals surface area (Å²) in [6.07, 6.45) is 0.755. The molecule has 0 saturated carbocycles. The Bertz CT molecular complexity index is 1160. The summed E-state index contributed by atoms with van der Waals surface area (Å²) < 4.78 is 13.0. The average Bonchev–Trinajstić information content (AvgIpc) is 3.09. The van der Waals surface area contributed by atoms with E-state index in [9.17, 15) is 4.79 Å². The van der Waals surface area contributed by atoms with Crippen molar-refractivity contribution in [1.82, 2.24) is 14.8 Å². The highest BCUT2D eigenvalue weighted by Gasteiger charge is 2.20. The van der Waals surface area contributed by atoms with E-state index in [2.05, 4.69) is 5.10 Å². The third-order valence-corrected chi connectivity index (χ3v) is 5.69. The summed E-state index contributed by atoms with van der Waals surface area (Å²) in [5, 5.41) is 6.87. The number of anilines is 1. The number of hydrogen-bond donors (Lipinski definition) is 2. The number of hydrogen-bond acceptors (Lipinski definition) is 6. The maximum Gasteiger partial charge on any atom is 0.352 e. The van der Waals surface area contributed by atoms with Crippen molar-refractivity contribution in [2.24, 2.45) is 18.7 Å². The molecule has 0 unspecified atom stereocenters. The number of nitrogens with zero attached hydrogens (tertiary/aromatic N) is 4. The second kappa shape index (κ2) is 10.1. The van der Waals surface area contributed by atoms with Gasteiger partial charge in [-0.25, -0.2) is 26.2 Å². The van der Waals surface area contributed by atoms with E-state index in [0.29, 0.717) is 28.0 Å². The first-order chi connectivity index (χ1) is 15.7. The van der Waals surface area contributed by atoms with Crippen molar-refractivity contribution in [1.29, 1.82) is 0 Å². The van der Waals surface area contributed by atoms with Gasteiger partial charge in [0.1, 0.15) is 23.1 Å². The van der Waals surface area contributed by atoms with Gasteiger partial charge in [-0.1, -0.05) is 30.7 Å². The van der Waals surface area contributed by atoms with E-state index in [4.69, 9.17) is 32.8 Å². The Morgan fingerprint density at radius 2 is 1.97 bits per heavy atom. The van der Waals surface area contributed by atoms with Crippen LogP contribution in [0.3, 0.4) is 0 Å². The molecule has 33 heavy (non-hydrogen) atoms. The highest BCUT2D eigenvalue weighted by molar-refractivity contribution is 6.34. The summed E-state index contributed by atoms with van der Waals surface area (Å²) in [6, 6.07) is 10.8. The average molecular weight is 473 g/mol. The fourth-order valence-electron chi connectivity index (χ4n) is 3.62. The Morgan fingerprint density at radius 3 is 2.55 bits per heavy atom. The number of nitrogens with two attached hydrogens (primary N) is 2. The zero-order valence-corrected chi connectivity index (χ0v) is 20.2. The van der Waals surface area contributed by atoms with E-state index in [1.165, 1.54) is 7.05 Å². The highest BCUT2D eigenvalue weighted by Crippen LogP contribution is 2.36. The fraction of sp³-hybridized carbons (Fsp3) is 0.304. The van der Waals surface area contributed by atoms with Crippen LogP contribution in [0.1, 0.15) is 23.6 Å². The van der Waals surface area contributed by atoms with Gasteiger partial charge < -0.3 is 9.47 Å². The minimum absolute atomic E-state index is 0.229. The summed E-state index contributed by atoms with van der Waals surface area (Å²) in [4.78, 5) is 12.3. The minimum Gasteiger partial charge on any atom is -0.489 e. The van der Waals surface area contributed by atoms with Crippen molar-refractivity contribution in [3.63, 3.8) is 0 Å². The van der Waals surface area contributed by atoms with Crippen LogP contribution in [-0.2, 0) is 20.1 Å². The molecule has 2 aromatic carbocycles. The monoisotopic (exact) mass is 472 g/mol. The number of rotatable bonds is 7. The predicted octanol–water partition coefficient (Wildman–Crippen LogP) is 3.80. The van der Waals surface area contributed by atoms with Crippen LogP contribution in [0.5, 0.6) is 11.6 Å². The van der Waals surface area contributed by atoms with Crippen LogP contribution >= 0.6 is 11.6 Å². The molecule has 0 saturated heterocycles. The van der Waals surface area contributed by atoms with E-state index in [-0.39, 0.29) is 6.61 Å². The molecule has 0 aliphatic carbocycles. The van der Waals surface area contributed by atoms with Gasteiger partial charge in [-0.3, -0.25) is 5.01 Å². The number of methoxy groups -OCH3 is 1. The van der Waals surface area contributed by atoms with Crippen molar-refractivity contribution >= 4 is 23.3 Å². The molecule has 0 bridgehead atoms. The molecule has 3 rings (SSSR count). The van der Waals surface area contributed by atoms with Crippen LogP contribution in [-0.4, -0.2) is 35.0 Å². The quantitative estimate of drug-likeness (QED) is 0.307. The van der Waals surface area contributed by atoms with Crippen LogP contribution < -0.4 is 26.2 Å². The Kier molecular flexibility index (Phi) is 7.47. The van der Waals surface area contributed by atoms with Crippen molar-refractivity contribution < 1.29 is 14.3 Å². The first kappa shape index (κ1) is 24.4. The first-order valence-corrected chi connectivity index (χ1v) is 10.8. The van der Waals surface area contributed by atoms with Crippen molar-refractivity contribution in [2.45, 2.75) is 26.9 Å². The predicted molar refractivity (Wildman–Crippen MR) is 129 cm³/mol. The number of aryl methyl sites for hydroxylation is 3. The van der Waals surface area contributed by atoms with Crippen LogP contribution in [0.15, 0.2) is 36.4 Å². The zero-order chi connectivity index (χ0) is 24.3. The number of halogens is 1. The van der Waals surface area contributed by atoms with Crippen LogP contribution in [0.25, 0.3) is 11.3 Å². The number of aromatic nitrogens is 2. The van der Waals surface area contributed by atoms with Crippen LogP contribution in [0, 0.1) is 6.92 Å². The lowest BCUT2D eigenvalue weighted by molar-refractivity contribution is 0.216. The van der Waals surface area contributed by atoms with Gasteiger partial charge in [-0.2, -0.15) is 5.10 Å². The molecule has 0 aliphatic heterocycles. The molecular formula is C23H29ClN6O3. The van der Waals surface area contributed by atoms with Crippen LogP contribution in [0.4, 0.5) is 10.5 Å². The van der Waals surface area contributed by atoms with E-state index in [0.717, 1.165) is 38.7 Å². The highest BCUT2D eigenvalue weighted by atomic mass is 35.5. The lowest BCUT2D eigenvalue weighted by Crippen LogP contribution is -2.49. The van der Waals surface area contributed by atoms with Gasteiger partial charge in [-0.15, -0.1) is 0 Å². The molecule has 2 amide bonds. The number of benzene rings is 2. The molecule has 4 N–H and O–H groups in total. The number of ether oxygens (including phenoxy) is 2. The minimum atomic E-state index is -0.535. The molecule has 176 valence electrons.